The molecule has 0 saturated heterocycles. The Hall–Kier alpha value is -4.04. The lowest BCUT2D eigenvalue weighted by molar-refractivity contribution is 0.102. The fraction of sp³-hybridized carbons (Fsp3) is 0.0435. The maximum atomic E-state index is 12.5. The molecule has 136 valence electrons. The van der Waals surface area contributed by atoms with Crippen molar-refractivity contribution in [3.63, 3.8) is 0 Å². The summed E-state index contributed by atoms with van der Waals surface area (Å²) in [6, 6.07) is 26.2. The molecule has 0 saturated carbocycles. The molecule has 0 unspecified atom stereocenters. The average molecular weight is 367 g/mol. The first kappa shape index (κ1) is 17.4. The number of anilines is 1. The van der Waals surface area contributed by atoms with Crippen LogP contribution in [0.1, 0.15) is 21.6 Å². The molecule has 0 spiro atoms. The van der Waals surface area contributed by atoms with Gasteiger partial charge in [0.15, 0.2) is 0 Å². The Kier molecular flexibility index (Phi) is 4.77. The number of hydrogen-bond donors (Lipinski definition) is 2. The van der Waals surface area contributed by atoms with Gasteiger partial charge in [-0.2, -0.15) is 5.26 Å². The van der Waals surface area contributed by atoms with Crippen molar-refractivity contribution in [1.29, 1.82) is 5.26 Å². The summed E-state index contributed by atoms with van der Waals surface area (Å²) in [7, 11) is 0. The van der Waals surface area contributed by atoms with Gasteiger partial charge in [0.25, 0.3) is 5.91 Å². The van der Waals surface area contributed by atoms with Crippen molar-refractivity contribution in [3.05, 3.63) is 95.7 Å². The summed E-state index contributed by atoms with van der Waals surface area (Å²) in [5, 5.41) is 12.6. The van der Waals surface area contributed by atoms with E-state index in [1.54, 1.807) is 30.3 Å². The number of nitrogens with zero attached hydrogens (tertiary/aromatic N) is 1. The number of H-pyrrole nitrogens is 1. The highest BCUT2D eigenvalue weighted by Crippen LogP contribution is 2.23. The minimum absolute atomic E-state index is 0.243. The number of benzene rings is 3. The van der Waals surface area contributed by atoms with Gasteiger partial charge in [0, 0.05) is 22.7 Å². The van der Waals surface area contributed by atoms with Crippen LogP contribution in [0.4, 0.5) is 5.69 Å². The van der Waals surface area contributed by atoms with Crippen LogP contribution < -0.4 is 10.1 Å². The number of rotatable bonds is 5. The van der Waals surface area contributed by atoms with E-state index in [1.165, 1.54) is 0 Å². The molecule has 3 aromatic carbocycles. The molecule has 0 bridgehead atoms. The van der Waals surface area contributed by atoms with Gasteiger partial charge in [-0.3, -0.25) is 4.79 Å². The molecule has 4 aromatic rings. The first-order chi connectivity index (χ1) is 13.7. The number of nitrogens with one attached hydrogen (secondary N) is 2. The normalized spacial score (nSPS) is 10.4. The zero-order valence-electron chi connectivity index (χ0n) is 15.0. The van der Waals surface area contributed by atoms with E-state index in [1.807, 2.05) is 48.5 Å². The van der Waals surface area contributed by atoms with E-state index in [2.05, 4.69) is 16.4 Å². The fourth-order valence-corrected chi connectivity index (χ4v) is 2.89. The lowest BCUT2D eigenvalue weighted by Gasteiger charge is -2.06. The predicted molar refractivity (Wildman–Crippen MR) is 108 cm³/mol. The molecule has 1 aromatic heterocycles. The first-order valence-electron chi connectivity index (χ1n) is 8.82. The number of ether oxygens (including phenoxy) is 1. The van der Waals surface area contributed by atoms with Gasteiger partial charge >= 0.3 is 0 Å². The third kappa shape index (κ3) is 3.87. The minimum atomic E-state index is -0.243. The van der Waals surface area contributed by atoms with Gasteiger partial charge in [-0.25, -0.2) is 0 Å². The zero-order chi connectivity index (χ0) is 19.3. The minimum Gasteiger partial charge on any atom is -0.489 e. The second-order valence-electron chi connectivity index (χ2n) is 6.35. The molecule has 28 heavy (non-hydrogen) atoms. The molecule has 0 atom stereocenters. The Balaban J connectivity index is 1.47. The van der Waals surface area contributed by atoms with E-state index in [-0.39, 0.29) is 5.91 Å². The summed E-state index contributed by atoms with van der Waals surface area (Å²) in [5.41, 5.74) is 3.56. The van der Waals surface area contributed by atoms with Crippen LogP contribution in [0.15, 0.2) is 78.9 Å². The van der Waals surface area contributed by atoms with Crippen molar-refractivity contribution in [2.45, 2.75) is 6.61 Å². The van der Waals surface area contributed by atoms with Crippen molar-refractivity contribution in [1.82, 2.24) is 4.98 Å². The highest BCUT2D eigenvalue weighted by atomic mass is 16.5. The van der Waals surface area contributed by atoms with Crippen LogP contribution in [0.2, 0.25) is 0 Å². The number of carbonyl (C=O) groups excluding carboxylic acids is 1. The number of carbonyl (C=O) groups is 1. The standard InChI is InChI=1S/C23H17N3O2/c24-14-16-6-9-19(10-7-16)25-23(27)22-12-18-8-11-20(13-21(18)26-22)28-15-17-4-2-1-3-5-17/h1-13,26H,15H2,(H,25,27). The van der Waals surface area contributed by atoms with E-state index in [0.717, 1.165) is 22.2 Å². The van der Waals surface area contributed by atoms with Gasteiger partial charge in [-0.1, -0.05) is 30.3 Å². The van der Waals surface area contributed by atoms with E-state index >= 15 is 0 Å². The van der Waals surface area contributed by atoms with Crippen molar-refractivity contribution in [3.8, 4) is 11.8 Å². The molecular weight excluding hydrogens is 350 g/mol. The SMILES string of the molecule is N#Cc1ccc(NC(=O)c2cc3ccc(OCc4ccccc4)cc3[nH]2)cc1. The second-order valence-corrected chi connectivity index (χ2v) is 6.35. The van der Waals surface area contributed by atoms with Crippen LogP contribution in [0, 0.1) is 11.3 Å². The molecule has 4 rings (SSSR count). The smallest absolute Gasteiger partial charge is 0.272 e. The van der Waals surface area contributed by atoms with Crippen molar-refractivity contribution in [2.24, 2.45) is 0 Å². The molecule has 0 aliphatic carbocycles. The molecule has 0 fully saturated rings. The summed E-state index contributed by atoms with van der Waals surface area (Å²) in [6.07, 6.45) is 0. The van der Waals surface area contributed by atoms with Crippen LogP contribution in [0.5, 0.6) is 5.75 Å². The number of aromatic nitrogens is 1. The Morgan fingerprint density at radius 2 is 1.79 bits per heavy atom. The van der Waals surface area contributed by atoms with Crippen LogP contribution in [0.25, 0.3) is 10.9 Å². The highest BCUT2D eigenvalue weighted by Gasteiger charge is 2.11. The maximum absolute atomic E-state index is 12.5. The van der Waals surface area contributed by atoms with Crippen LogP contribution in [-0.4, -0.2) is 10.9 Å². The molecule has 0 aliphatic heterocycles. The lowest BCUT2D eigenvalue weighted by Crippen LogP contribution is -2.12. The first-order valence-corrected chi connectivity index (χ1v) is 8.82. The third-order valence-corrected chi connectivity index (χ3v) is 4.36. The van der Waals surface area contributed by atoms with Crippen molar-refractivity contribution >= 4 is 22.5 Å². The molecule has 1 amide bonds. The number of aromatic amines is 1. The van der Waals surface area contributed by atoms with Crippen molar-refractivity contribution in [2.75, 3.05) is 5.32 Å². The van der Waals surface area contributed by atoms with Gasteiger partial charge in [-0.15, -0.1) is 0 Å². The van der Waals surface area contributed by atoms with Crippen LogP contribution in [-0.2, 0) is 6.61 Å². The van der Waals surface area contributed by atoms with Gasteiger partial charge in [0.05, 0.1) is 11.6 Å². The quantitative estimate of drug-likeness (QED) is 0.528. The molecule has 0 aliphatic rings. The van der Waals surface area contributed by atoms with Gasteiger partial charge < -0.3 is 15.0 Å². The Bertz CT molecular complexity index is 1160. The van der Waals surface area contributed by atoms with E-state index in [0.29, 0.717) is 23.6 Å². The summed E-state index contributed by atoms with van der Waals surface area (Å²) < 4.78 is 5.84. The Morgan fingerprint density at radius 1 is 1.00 bits per heavy atom. The van der Waals surface area contributed by atoms with Gasteiger partial charge in [-0.05, 0) is 48.0 Å². The number of fused-ring (bicyclic) bond motifs is 1. The molecular formula is C23H17N3O2. The second kappa shape index (κ2) is 7.68. The highest BCUT2D eigenvalue weighted by molar-refractivity contribution is 6.06. The van der Waals surface area contributed by atoms with E-state index in [4.69, 9.17) is 10.00 Å². The number of hydrogen-bond acceptors (Lipinski definition) is 3. The predicted octanol–water partition coefficient (Wildman–Crippen LogP) is 4.87. The van der Waals surface area contributed by atoms with Gasteiger partial charge in [0.2, 0.25) is 0 Å². The number of amides is 1. The largest absolute Gasteiger partial charge is 0.489 e. The summed E-state index contributed by atoms with van der Waals surface area (Å²) in [5.74, 6) is 0.491. The fourth-order valence-electron chi connectivity index (χ4n) is 2.89. The Labute approximate surface area is 162 Å². The lowest BCUT2D eigenvalue weighted by atomic mass is 10.2. The van der Waals surface area contributed by atoms with Crippen LogP contribution >= 0.6 is 0 Å². The maximum Gasteiger partial charge on any atom is 0.272 e. The molecule has 5 nitrogen and oxygen atoms in total. The Morgan fingerprint density at radius 3 is 2.54 bits per heavy atom. The van der Waals surface area contributed by atoms with Gasteiger partial charge in [0.1, 0.15) is 18.1 Å². The summed E-state index contributed by atoms with van der Waals surface area (Å²) in [4.78, 5) is 15.6. The molecule has 1 heterocycles. The molecule has 0 radical (unpaired) electrons. The topological polar surface area (TPSA) is 77.9 Å². The van der Waals surface area contributed by atoms with Crippen molar-refractivity contribution < 1.29 is 9.53 Å². The summed E-state index contributed by atoms with van der Waals surface area (Å²) >= 11 is 0. The van der Waals surface area contributed by atoms with E-state index in [9.17, 15) is 4.79 Å². The average Bonchev–Trinajstić information content (AvgIpc) is 3.17. The van der Waals surface area contributed by atoms with E-state index < -0.39 is 0 Å². The molecule has 5 heteroatoms. The van der Waals surface area contributed by atoms with Crippen LogP contribution in [0.3, 0.4) is 0 Å². The third-order valence-electron chi connectivity index (χ3n) is 4.36. The zero-order valence-corrected chi connectivity index (χ0v) is 15.0. The monoisotopic (exact) mass is 367 g/mol. The molecule has 2 N–H and O–H groups in total. The number of nitriles is 1. The summed E-state index contributed by atoms with van der Waals surface area (Å²) in [6.45, 7) is 0.485.